The molecule has 0 aromatic heterocycles. The summed E-state index contributed by atoms with van der Waals surface area (Å²) in [5.41, 5.74) is 2.04. The van der Waals surface area contributed by atoms with Crippen LogP contribution in [0.5, 0.6) is 5.75 Å². The van der Waals surface area contributed by atoms with Gasteiger partial charge in [-0.1, -0.05) is 42.5 Å². The Hall–Kier alpha value is -2.08. The minimum atomic E-state index is -0.456. The van der Waals surface area contributed by atoms with Crippen LogP contribution < -0.4 is 15.4 Å². The first kappa shape index (κ1) is 20.2. The summed E-state index contributed by atoms with van der Waals surface area (Å²) in [6.45, 7) is 4.46. The number of halogens is 1. The van der Waals surface area contributed by atoms with Crippen LogP contribution in [0.1, 0.15) is 24.1 Å². The Morgan fingerprint density at radius 2 is 1.88 bits per heavy atom. The van der Waals surface area contributed by atoms with Crippen LogP contribution in [0.2, 0.25) is 0 Å². The summed E-state index contributed by atoms with van der Waals surface area (Å²) in [6, 6.07) is 17.6. The molecular formula is C20H25ClN2O3. The zero-order valence-electron chi connectivity index (χ0n) is 14.8. The van der Waals surface area contributed by atoms with Crippen molar-refractivity contribution in [2.75, 3.05) is 26.3 Å². The van der Waals surface area contributed by atoms with E-state index in [1.807, 2.05) is 61.5 Å². The van der Waals surface area contributed by atoms with Crippen molar-refractivity contribution in [2.24, 2.45) is 0 Å². The highest BCUT2D eigenvalue weighted by atomic mass is 35.5. The molecule has 0 radical (unpaired) electrons. The lowest BCUT2D eigenvalue weighted by Gasteiger charge is -2.26. The van der Waals surface area contributed by atoms with E-state index in [-0.39, 0.29) is 24.4 Å². The molecule has 2 N–H and O–H groups in total. The topological polar surface area (TPSA) is 59.6 Å². The molecule has 2 aromatic rings. The van der Waals surface area contributed by atoms with E-state index >= 15 is 0 Å². The lowest BCUT2D eigenvalue weighted by Crippen LogP contribution is -2.48. The molecule has 6 heteroatoms. The Morgan fingerprint density at radius 1 is 1.19 bits per heavy atom. The van der Waals surface area contributed by atoms with Gasteiger partial charge in [0, 0.05) is 13.1 Å². The zero-order chi connectivity index (χ0) is 17.5. The van der Waals surface area contributed by atoms with E-state index in [1.54, 1.807) is 0 Å². The Bertz CT molecular complexity index is 673. The van der Waals surface area contributed by atoms with Gasteiger partial charge in [0.05, 0.1) is 19.3 Å². The van der Waals surface area contributed by atoms with Crippen LogP contribution in [0.3, 0.4) is 0 Å². The predicted molar refractivity (Wildman–Crippen MR) is 104 cm³/mol. The van der Waals surface area contributed by atoms with Gasteiger partial charge in [0.25, 0.3) is 5.91 Å². The monoisotopic (exact) mass is 376 g/mol. The molecule has 1 saturated heterocycles. The number of ether oxygens (including phenoxy) is 2. The molecule has 1 fully saturated rings. The first-order valence-corrected chi connectivity index (χ1v) is 8.68. The van der Waals surface area contributed by atoms with E-state index in [2.05, 4.69) is 10.6 Å². The number of morpholine rings is 1. The fourth-order valence-electron chi connectivity index (χ4n) is 2.90. The highest BCUT2D eigenvalue weighted by molar-refractivity contribution is 5.85. The van der Waals surface area contributed by atoms with Crippen molar-refractivity contribution in [1.82, 2.24) is 10.6 Å². The molecule has 2 aromatic carbocycles. The molecule has 1 aliphatic rings. The van der Waals surface area contributed by atoms with E-state index in [0.29, 0.717) is 19.8 Å². The Balaban J connectivity index is 0.00000243. The van der Waals surface area contributed by atoms with Crippen molar-refractivity contribution < 1.29 is 14.3 Å². The summed E-state index contributed by atoms with van der Waals surface area (Å²) in [4.78, 5) is 12.6. The average molecular weight is 377 g/mol. The number of amides is 1. The van der Waals surface area contributed by atoms with Gasteiger partial charge in [0.1, 0.15) is 11.9 Å². The maximum Gasteiger partial charge on any atom is 0.251 e. The van der Waals surface area contributed by atoms with Crippen molar-refractivity contribution in [3.05, 3.63) is 65.7 Å². The van der Waals surface area contributed by atoms with E-state index in [4.69, 9.17) is 9.47 Å². The molecule has 3 rings (SSSR count). The first-order chi connectivity index (χ1) is 12.3. The standard InChI is InChI=1S/C20H24N2O3.ClH/c1-2-24-17-10-8-16(9-11-17)19(15-6-4-3-5-7-15)22-20(23)18-14-21-12-13-25-18;/h3-11,18-19,21H,2,12-14H2,1H3,(H,22,23);1H. The van der Waals surface area contributed by atoms with Gasteiger partial charge in [-0.3, -0.25) is 4.79 Å². The quantitative estimate of drug-likeness (QED) is 0.813. The summed E-state index contributed by atoms with van der Waals surface area (Å²) in [7, 11) is 0. The van der Waals surface area contributed by atoms with Gasteiger partial charge >= 0.3 is 0 Å². The van der Waals surface area contributed by atoms with Crippen LogP contribution in [0, 0.1) is 0 Å². The fourth-order valence-corrected chi connectivity index (χ4v) is 2.90. The number of nitrogens with one attached hydrogen (secondary N) is 2. The number of carbonyl (C=O) groups is 1. The molecule has 2 atom stereocenters. The van der Waals surface area contributed by atoms with Gasteiger partial charge in [0.2, 0.25) is 0 Å². The van der Waals surface area contributed by atoms with E-state index in [1.165, 1.54) is 0 Å². The third-order valence-electron chi connectivity index (χ3n) is 4.16. The smallest absolute Gasteiger partial charge is 0.251 e. The minimum Gasteiger partial charge on any atom is -0.494 e. The normalized spacial score (nSPS) is 17.7. The maximum absolute atomic E-state index is 12.6. The highest BCUT2D eigenvalue weighted by Gasteiger charge is 2.25. The molecule has 1 amide bonds. The molecule has 1 aliphatic heterocycles. The Labute approximate surface area is 160 Å². The minimum absolute atomic E-state index is 0. The molecule has 0 saturated carbocycles. The second-order valence-corrected chi connectivity index (χ2v) is 5.92. The summed E-state index contributed by atoms with van der Waals surface area (Å²) in [6.07, 6.45) is -0.456. The maximum atomic E-state index is 12.6. The second kappa shape index (κ2) is 10.2. The van der Waals surface area contributed by atoms with Gasteiger partial charge in [-0.2, -0.15) is 0 Å². The molecular weight excluding hydrogens is 352 g/mol. The van der Waals surface area contributed by atoms with Crippen LogP contribution in [0.15, 0.2) is 54.6 Å². The van der Waals surface area contributed by atoms with Gasteiger partial charge < -0.3 is 20.1 Å². The van der Waals surface area contributed by atoms with Crippen LogP contribution >= 0.6 is 12.4 Å². The third-order valence-corrected chi connectivity index (χ3v) is 4.16. The van der Waals surface area contributed by atoms with Gasteiger partial charge in [-0.25, -0.2) is 0 Å². The summed E-state index contributed by atoms with van der Waals surface area (Å²) in [5, 5.41) is 6.31. The molecule has 1 heterocycles. The van der Waals surface area contributed by atoms with E-state index in [9.17, 15) is 4.79 Å². The SMILES string of the molecule is CCOc1ccc(C(NC(=O)C2CNCCO2)c2ccccc2)cc1.Cl. The van der Waals surface area contributed by atoms with Crippen molar-refractivity contribution >= 4 is 18.3 Å². The third kappa shape index (κ3) is 5.21. The predicted octanol–water partition coefficient (Wildman–Crippen LogP) is 2.70. The molecule has 0 spiro atoms. The van der Waals surface area contributed by atoms with Crippen molar-refractivity contribution in [3.8, 4) is 5.75 Å². The zero-order valence-corrected chi connectivity index (χ0v) is 15.6. The number of rotatable bonds is 6. The average Bonchev–Trinajstić information content (AvgIpc) is 2.68. The molecule has 2 unspecified atom stereocenters. The largest absolute Gasteiger partial charge is 0.494 e. The summed E-state index contributed by atoms with van der Waals surface area (Å²) >= 11 is 0. The molecule has 140 valence electrons. The lowest BCUT2D eigenvalue weighted by atomic mass is 9.98. The van der Waals surface area contributed by atoms with Crippen LogP contribution in [-0.4, -0.2) is 38.3 Å². The van der Waals surface area contributed by atoms with Crippen molar-refractivity contribution in [2.45, 2.75) is 19.1 Å². The van der Waals surface area contributed by atoms with E-state index in [0.717, 1.165) is 23.4 Å². The lowest BCUT2D eigenvalue weighted by molar-refractivity contribution is -0.134. The van der Waals surface area contributed by atoms with Crippen molar-refractivity contribution in [1.29, 1.82) is 0 Å². The second-order valence-electron chi connectivity index (χ2n) is 5.92. The fraction of sp³-hybridized carbons (Fsp3) is 0.350. The number of carbonyl (C=O) groups excluding carboxylic acids is 1. The molecule has 0 bridgehead atoms. The molecule has 26 heavy (non-hydrogen) atoms. The van der Waals surface area contributed by atoms with Gasteiger partial charge in [-0.05, 0) is 30.2 Å². The number of hydrogen-bond acceptors (Lipinski definition) is 4. The number of hydrogen-bond donors (Lipinski definition) is 2. The van der Waals surface area contributed by atoms with Crippen LogP contribution in [0.4, 0.5) is 0 Å². The van der Waals surface area contributed by atoms with Gasteiger partial charge in [-0.15, -0.1) is 12.4 Å². The highest BCUT2D eigenvalue weighted by Crippen LogP contribution is 2.24. The summed E-state index contributed by atoms with van der Waals surface area (Å²) < 4.78 is 11.1. The molecule has 5 nitrogen and oxygen atoms in total. The Kier molecular flexibility index (Phi) is 7.91. The van der Waals surface area contributed by atoms with Crippen LogP contribution in [-0.2, 0) is 9.53 Å². The number of benzene rings is 2. The first-order valence-electron chi connectivity index (χ1n) is 8.68. The van der Waals surface area contributed by atoms with Crippen LogP contribution in [0.25, 0.3) is 0 Å². The van der Waals surface area contributed by atoms with Crippen molar-refractivity contribution in [3.63, 3.8) is 0 Å². The molecule has 0 aliphatic carbocycles. The van der Waals surface area contributed by atoms with E-state index < -0.39 is 6.10 Å². The van der Waals surface area contributed by atoms with Gasteiger partial charge in [0.15, 0.2) is 0 Å². The Morgan fingerprint density at radius 3 is 2.50 bits per heavy atom. The summed E-state index contributed by atoms with van der Waals surface area (Å²) in [5.74, 6) is 0.721.